The molecular formula is C14H18N4. The minimum atomic E-state index is 0.485. The van der Waals surface area contributed by atoms with Gasteiger partial charge in [0.2, 0.25) is 0 Å². The smallest absolute Gasteiger partial charge is 0.123 e. The van der Waals surface area contributed by atoms with E-state index >= 15 is 0 Å². The van der Waals surface area contributed by atoms with Gasteiger partial charge in [-0.15, -0.1) is 0 Å². The van der Waals surface area contributed by atoms with Crippen molar-refractivity contribution in [3.8, 4) is 11.3 Å². The maximum atomic E-state index is 5.73. The zero-order valence-corrected chi connectivity index (χ0v) is 10.8. The predicted octanol–water partition coefficient (Wildman–Crippen LogP) is 2.57. The summed E-state index contributed by atoms with van der Waals surface area (Å²) in [5.41, 5.74) is 8.41. The lowest BCUT2D eigenvalue weighted by Gasteiger charge is -2.09. The molecule has 0 amide bonds. The molecule has 94 valence electrons. The van der Waals surface area contributed by atoms with E-state index in [0.717, 1.165) is 23.7 Å². The molecule has 0 saturated heterocycles. The molecule has 2 aromatic heterocycles. The van der Waals surface area contributed by atoms with Gasteiger partial charge < -0.3 is 10.3 Å². The van der Waals surface area contributed by atoms with Gasteiger partial charge in [-0.1, -0.05) is 13.8 Å². The first-order valence-corrected chi connectivity index (χ1v) is 6.28. The van der Waals surface area contributed by atoms with Crippen molar-refractivity contribution < 1.29 is 0 Å². The quantitative estimate of drug-likeness (QED) is 0.900. The topological polar surface area (TPSA) is 56.7 Å². The number of pyridine rings is 1. The van der Waals surface area contributed by atoms with E-state index in [9.17, 15) is 0 Å². The van der Waals surface area contributed by atoms with Crippen molar-refractivity contribution in [1.29, 1.82) is 0 Å². The highest BCUT2D eigenvalue weighted by Gasteiger charge is 2.45. The number of anilines is 1. The normalized spacial score (nSPS) is 20.9. The molecule has 0 aromatic carbocycles. The third kappa shape index (κ3) is 1.98. The van der Waals surface area contributed by atoms with Gasteiger partial charge >= 0.3 is 0 Å². The van der Waals surface area contributed by atoms with E-state index in [4.69, 9.17) is 5.73 Å². The van der Waals surface area contributed by atoms with Gasteiger partial charge in [0.1, 0.15) is 5.82 Å². The van der Waals surface area contributed by atoms with E-state index in [2.05, 4.69) is 28.4 Å². The van der Waals surface area contributed by atoms with E-state index in [1.807, 2.05) is 24.7 Å². The van der Waals surface area contributed by atoms with Crippen LogP contribution in [0, 0.1) is 11.3 Å². The summed E-state index contributed by atoms with van der Waals surface area (Å²) in [6.07, 6.45) is 6.83. The Balaban J connectivity index is 1.88. The standard InChI is InChI=1S/C14H18N4/c1-14(2)6-11(14)8-18-9-16-7-12(18)10-3-4-17-13(15)5-10/h3-5,7,9,11H,6,8H2,1-2H3,(H2,15,17). The molecule has 2 heterocycles. The third-order valence-electron chi connectivity index (χ3n) is 3.92. The zero-order chi connectivity index (χ0) is 12.8. The molecular weight excluding hydrogens is 224 g/mol. The van der Waals surface area contributed by atoms with E-state index in [-0.39, 0.29) is 0 Å². The fourth-order valence-corrected chi connectivity index (χ4v) is 2.44. The molecule has 1 atom stereocenters. The van der Waals surface area contributed by atoms with Crippen molar-refractivity contribution in [2.45, 2.75) is 26.8 Å². The molecule has 1 unspecified atom stereocenters. The second-order valence-corrected chi connectivity index (χ2v) is 5.79. The summed E-state index contributed by atoms with van der Waals surface area (Å²) < 4.78 is 2.22. The Morgan fingerprint density at radius 2 is 2.28 bits per heavy atom. The molecule has 2 aromatic rings. The largest absolute Gasteiger partial charge is 0.384 e. The van der Waals surface area contributed by atoms with Gasteiger partial charge in [-0.05, 0) is 29.9 Å². The average Bonchev–Trinajstić information content (AvgIpc) is 2.75. The van der Waals surface area contributed by atoms with Gasteiger partial charge in [-0.2, -0.15) is 0 Å². The van der Waals surface area contributed by atoms with Crippen LogP contribution in [0.1, 0.15) is 20.3 Å². The predicted molar refractivity (Wildman–Crippen MR) is 71.8 cm³/mol. The number of hydrogen-bond acceptors (Lipinski definition) is 3. The highest BCUT2D eigenvalue weighted by molar-refractivity contribution is 5.61. The van der Waals surface area contributed by atoms with Gasteiger partial charge in [0.05, 0.1) is 18.2 Å². The minimum absolute atomic E-state index is 0.485. The first kappa shape index (κ1) is 11.3. The van der Waals surface area contributed by atoms with Crippen molar-refractivity contribution in [3.63, 3.8) is 0 Å². The number of hydrogen-bond donors (Lipinski definition) is 1. The Morgan fingerprint density at radius 1 is 1.50 bits per heavy atom. The Morgan fingerprint density at radius 3 is 2.94 bits per heavy atom. The highest BCUT2D eigenvalue weighted by Crippen LogP contribution is 2.52. The lowest BCUT2D eigenvalue weighted by atomic mass is 10.1. The number of rotatable bonds is 3. The summed E-state index contributed by atoms with van der Waals surface area (Å²) in [5.74, 6) is 1.30. The van der Waals surface area contributed by atoms with Gasteiger partial charge in [0.15, 0.2) is 0 Å². The molecule has 1 aliphatic rings. The molecule has 3 rings (SSSR count). The summed E-state index contributed by atoms with van der Waals surface area (Å²) in [5, 5.41) is 0. The van der Waals surface area contributed by atoms with Crippen LogP contribution in [0.2, 0.25) is 0 Å². The Bertz CT molecular complexity index is 571. The molecule has 1 saturated carbocycles. The van der Waals surface area contributed by atoms with Crippen LogP contribution in [-0.4, -0.2) is 14.5 Å². The molecule has 0 spiro atoms. The molecule has 1 aliphatic carbocycles. The Kier molecular flexibility index (Phi) is 2.40. The molecule has 4 nitrogen and oxygen atoms in total. The van der Waals surface area contributed by atoms with Crippen LogP contribution in [0.5, 0.6) is 0 Å². The Hall–Kier alpha value is -1.84. The lowest BCUT2D eigenvalue weighted by molar-refractivity contribution is 0.500. The second kappa shape index (κ2) is 3.83. The fourth-order valence-electron chi connectivity index (χ4n) is 2.44. The molecule has 18 heavy (non-hydrogen) atoms. The zero-order valence-electron chi connectivity index (χ0n) is 10.8. The number of imidazole rings is 1. The summed E-state index contributed by atoms with van der Waals surface area (Å²) in [6, 6.07) is 3.87. The van der Waals surface area contributed by atoms with Crippen molar-refractivity contribution in [1.82, 2.24) is 14.5 Å². The van der Waals surface area contributed by atoms with Crippen molar-refractivity contribution in [2.24, 2.45) is 11.3 Å². The maximum Gasteiger partial charge on any atom is 0.123 e. The van der Waals surface area contributed by atoms with Crippen LogP contribution in [-0.2, 0) is 6.54 Å². The molecule has 0 bridgehead atoms. The molecule has 4 heteroatoms. The minimum Gasteiger partial charge on any atom is -0.384 e. The van der Waals surface area contributed by atoms with E-state index in [1.54, 1.807) is 6.20 Å². The van der Waals surface area contributed by atoms with Crippen LogP contribution in [0.15, 0.2) is 30.9 Å². The molecule has 1 fully saturated rings. The van der Waals surface area contributed by atoms with Gasteiger partial charge in [0, 0.05) is 18.3 Å². The number of aromatic nitrogens is 3. The lowest BCUT2D eigenvalue weighted by Crippen LogP contribution is -2.04. The van der Waals surface area contributed by atoms with Gasteiger partial charge in [-0.25, -0.2) is 9.97 Å². The third-order valence-corrected chi connectivity index (χ3v) is 3.92. The van der Waals surface area contributed by atoms with Crippen LogP contribution in [0.3, 0.4) is 0 Å². The second-order valence-electron chi connectivity index (χ2n) is 5.79. The van der Waals surface area contributed by atoms with Crippen molar-refractivity contribution >= 4 is 5.82 Å². The van der Waals surface area contributed by atoms with Crippen LogP contribution >= 0.6 is 0 Å². The summed E-state index contributed by atoms with van der Waals surface area (Å²) in [4.78, 5) is 8.28. The maximum absolute atomic E-state index is 5.73. The van der Waals surface area contributed by atoms with Crippen LogP contribution < -0.4 is 5.73 Å². The SMILES string of the molecule is CC1(C)CC1Cn1cncc1-c1ccnc(N)c1. The molecule has 2 N–H and O–H groups in total. The van der Waals surface area contributed by atoms with Gasteiger partial charge in [-0.3, -0.25) is 0 Å². The average molecular weight is 242 g/mol. The van der Waals surface area contributed by atoms with E-state index < -0.39 is 0 Å². The van der Waals surface area contributed by atoms with Gasteiger partial charge in [0.25, 0.3) is 0 Å². The van der Waals surface area contributed by atoms with E-state index in [0.29, 0.717) is 11.2 Å². The molecule has 0 radical (unpaired) electrons. The summed E-state index contributed by atoms with van der Waals surface area (Å²) >= 11 is 0. The Labute approximate surface area is 107 Å². The fraction of sp³-hybridized carbons (Fsp3) is 0.429. The van der Waals surface area contributed by atoms with Crippen molar-refractivity contribution in [3.05, 3.63) is 30.9 Å². The first-order valence-electron chi connectivity index (χ1n) is 6.28. The van der Waals surface area contributed by atoms with E-state index in [1.165, 1.54) is 6.42 Å². The molecule has 0 aliphatic heterocycles. The number of nitrogens with zero attached hydrogens (tertiary/aromatic N) is 3. The number of nitrogens with two attached hydrogens (primary N) is 1. The first-order chi connectivity index (χ1) is 8.56. The monoisotopic (exact) mass is 242 g/mol. The highest BCUT2D eigenvalue weighted by atomic mass is 15.1. The van der Waals surface area contributed by atoms with Crippen LogP contribution in [0.25, 0.3) is 11.3 Å². The summed E-state index contributed by atoms with van der Waals surface area (Å²) in [7, 11) is 0. The summed E-state index contributed by atoms with van der Waals surface area (Å²) in [6.45, 7) is 5.67. The van der Waals surface area contributed by atoms with Crippen LogP contribution in [0.4, 0.5) is 5.82 Å². The number of nitrogen functional groups attached to an aromatic ring is 1. The van der Waals surface area contributed by atoms with Crippen molar-refractivity contribution in [2.75, 3.05) is 5.73 Å².